The van der Waals surface area contributed by atoms with Gasteiger partial charge in [0.25, 0.3) is 10.1 Å². The Morgan fingerprint density at radius 3 is 2.33 bits per heavy atom. The molecular weight excluding hydrogens is 456 g/mol. The average molecular weight is 488 g/mol. The molecule has 0 saturated heterocycles. The largest absolute Gasteiger partial charge is 0.408 e. The number of azo groups is 1. The highest BCUT2D eigenvalue weighted by molar-refractivity contribution is 7.85. The van der Waals surface area contributed by atoms with Crippen molar-refractivity contribution in [3.63, 3.8) is 0 Å². The third-order valence-electron chi connectivity index (χ3n) is 5.49. The Hall–Kier alpha value is -2.62. The van der Waals surface area contributed by atoms with Crippen molar-refractivity contribution in [1.29, 1.82) is 0 Å². The fourth-order valence-electron chi connectivity index (χ4n) is 3.51. The zero-order valence-corrected chi connectivity index (χ0v) is 20.9. The van der Waals surface area contributed by atoms with E-state index in [1.807, 2.05) is 32.0 Å². The minimum Gasteiger partial charge on any atom is -0.367 e. The van der Waals surface area contributed by atoms with Crippen molar-refractivity contribution in [2.24, 2.45) is 10.2 Å². The SMILES string of the molecule is CCN(Cc1ccccc1)c1ccc(N=Nc2sc(C)c(C)[n+]2CCCCS(=O)(=O)O)cc1. The molecule has 0 unspecified atom stereocenters. The number of nitrogens with zero attached hydrogens (tertiary/aromatic N) is 4. The molecule has 9 heteroatoms. The van der Waals surface area contributed by atoms with Gasteiger partial charge in [0.05, 0.1) is 22.3 Å². The van der Waals surface area contributed by atoms with Gasteiger partial charge < -0.3 is 4.90 Å². The molecule has 2 aromatic carbocycles. The highest BCUT2D eigenvalue weighted by Crippen LogP contribution is 2.26. The lowest BCUT2D eigenvalue weighted by molar-refractivity contribution is -0.686. The van der Waals surface area contributed by atoms with Gasteiger partial charge in [0, 0.05) is 18.8 Å². The van der Waals surface area contributed by atoms with Crippen LogP contribution in [0.1, 0.15) is 35.9 Å². The standard InChI is InChI=1S/C24H30N4O3S2/c1-4-27(18-21-10-6-5-7-11-21)23-14-12-22(13-15-23)25-26-24-28(19(2)20(3)32-24)16-8-9-17-33(29,30)31/h5-7,10-15H,4,8-9,16-18H2,1-3H3/p+1. The van der Waals surface area contributed by atoms with Crippen LogP contribution in [0.25, 0.3) is 0 Å². The molecule has 7 nitrogen and oxygen atoms in total. The topological polar surface area (TPSA) is 86.2 Å². The van der Waals surface area contributed by atoms with E-state index in [0.29, 0.717) is 19.4 Å². The Kier molecular flexibility index (Phi) is 8.71. The molecule has 0 radical (unpaired) electrons. The van der Waals surface area contributed by atoms with Crippen LogP contribution < -0.4 is 9.47 Å². The van der Waals surface area contributed by atoms with E-state index < -0.39 is 10.1 Å². The molecule has 0 spiro atoms. The zero-order valence-electron chi connectivity index (χ0n) is 19.3. The number of aryl methyl sites for hydroxylation is 1. The fraction of sp³-hybridized carbons (Fsp3) is 0.375. The molecule has 0 aliphatic rings. The molecule has 0 saturated carbocycles. The molecular formula is C24H31N4O3S2+. The predicted molar refractivity (Wildman–Crippen MR) is 133 cm³/mol. The Balaban J connectivity index is 1.67. The van der Waals surface area contributed by atoms with E-state index in [4.69, 9.17) is 4.55 Å². The lowest BCUT2D eigenvalue weighted by Crippen LogP contribution is -2.35. The van der Waals surface area contributed by atoms with Crippen molar-refractivity contribution in [3.05, 3.63) is 70.7 Å². The lowest BCUT2D eigenvalue weighted by Gasteiger charge is -2.23. The first kappa shape index (κ1) is 25.0. The summed E-state index contributed by atoms with van der Waals surface area (Å²) < 4.78 is 32.8. The quantitative estimate of drug-likeness (QED) is 0.161. The molecule has 0 bridgehead atoms. The summed E-state index contributed by atoms with van der Waals surface area (Å²) in [5.41, 5.74) is 4.27. The molecule has 0 aliphatic heterocycles. The summed E-state index contributed by atoms with van der Waals surface area (Å²) in [5, 5.41) is 9.68. The molecule has 0 atom stereocenters. The van der Waals surface area contributed by atoms with Crippen LogP contribution in [0.15, 0.2) is 64.8 Å². The van der Waals surface area contributed by atoms with Crippen molar-refractivity contribution in [3.8, 4) is 0 Å². The minimum atomic E-state index is -3.92. The predicted octanol–water partition coefficient (Wildman–Crippen LogP) is 5.76. The highest BCUT2D eigenvalue weighted by atomic mass is 32.2. The molecule has 1 heterocycles. The molecule has 0 aliphatic carbocycles. The fourth-order valence-corrected chi connectivity index (χ4v) is 5.03. The van der Waals surface area contributed by atoms with E-state index in [1.54, 1.807) is 11.3 Å². The zero-order chi connectivity index (χ0) is 23.8. The summed E-state index contributed by atoms with van der Waals surface area (Å²) in [6.45, 7) is 8.59. The van der Waals surface area contributed by atoms with Gasteiger partial charge in [-0.25, -0.2) is 4.57 Å². The highest BCUT2D eigenvalue weighted by Gasteiger charge is 2.20. The first-order valence-corrected chi connectivity index (χ1v) is 13.4. The van der Waals surface area contributed by atoms with Gasteiger partial charge in [-0.15, -0.1) is 0 Å². The number of thiazole rings is 1. The third kappa shape index (κ3) is 7.45. The minimum absolute atomic E-state index is 0.224. The maximum Gasteiger partial charge on any atom is 0.408 e. The van der Waals surface area contributed by atoms with Crippen LogP contribution in [0.5, 0.6) is 0 Å². The number of rotatable bonds is 11. The Morgan fingerprint density at radius 2 is 1.70 bits per heavy atom. The van der Waals surface area contributed by atoms with Crippen LogP contribution in [0, 0.1) is 13.8 Å². The van der Waals surface area contributed by atoms with Gasteiger partial charge in [-0.3, -0.25) is 4.55 Å². The van der Waals surface area contributed by atoms with Crippen LogP contribution in [0.4, 0.5) is 16.5 Å². The number of anilines is 1. The Labute approximate surface area is 200 Å². The molecule has 1 N–H and O–H groups in total. The van der Waals surface area contributed by atoms with E-state index >= 15 is 0 Å². The monoisotopic (exact) mass is 487 g/mol. The first-order chi connectivity index (χ1) is 15.8. The smallest absolute Gasteiger partial charge is 0.367 e. The molecule has 3 rings (SSSR count). The number of benzene rings is 2. The van der Waals surface area contributed by atoms with Gasteiger partial charge in [-0.2, -0.15) is 8.42 Å². The molecule has 0 amide bonds. The summed E-state index contributed by atoms with van der Waals surface area (Å²) in [5.74, 6) is -0.224. The van der Waals surface area contributed by atoms with Crippen LogP contribution in [0.2, 0.25) is 0 Å². The number of aromatic nitrogens is 1. The van der Waals surface area contributed by atoms with E-state index in [1.165, 1.54) is 5.56 Å². The summed E-state index contributed by atoms with van der Waals surface area (Å²) in [7, 11) is -3.92. The summed E-state index contributed by atoms with van der Waals surface area (Å²) >= 11 is 1.56. The van der Waals surface area contributed by atoms with Crippen molar-refractivity contribution < 1.29 is 17.5 Å². The van der Waals surface area contributed by atoms with E-state index in [0.717, 1.165) is 40.2 Å². The van der Waals surface area contributed by atoms with Crippen LogP contribution >= 0.6 is 11.3 Å². The van der Waals surface area contributed by atoms with Gasteiger partial charge in [-0.1, -0.05) is 30.3 Å². The van der Waals surface area contributed by atoms with Crippen molar-refractivity contribution in [2.75, 3.05) is 17.2 Å². The van der Waals surface area contributed by atoms with Crippen molar-refractivity contribution in [1.82, 2.24) is 0 Å². The van der Waals surface area contributed by atoms with Gasteiger partial charge in [0.1, 0.15) is 11.4 Å². The van der Waals surface area contributed by atoms with E-state index in [9.17, 15) is 8.42 Å². The Morgan fingerprint density at radius 1 is 1.00 bits per heavy atom. The lowest BCUT2D eigenvalue weighted by atomic mass is 10.2. The number of hydrogen-bond donors (Lipinski definition) is 1. The second kappa shape index (κ2) is 11.5. The molecule has 0 fully saturated rings. The number of unbranched alkanes of at least 4 members (excludes halogenated alkanes) is 1. The van der Waals surface area contributed by atoms with Crippen LogP contribution in [-0.2, 0) is 23.2 Å². The van der Waals surface area contributed by atoms with E-state index in [-0.39, 0.29) is 5.75 Å². The summed E-state index contributed by atoms with van der Waals surface area (Å²) in [4.78, 5) is 3.46. The Bertz CT molecular complexity index is 1170. The summed E-state index contributed by atoms with van der Waals surface area (Å²) in [6, 6.07) is 18.5. The molecule has 3 aromatic rings. The summed E-state index contributed by atoms with van der Waals surface area (Å²) in [6.07, 6.45) is 1.03. The molecule has 176 valence electrons. The van der Waals surface area contributed by atoms with Gasteiger partial charge in [0.15, 0.2) is 0 Å². The first-order valence-electron chi connectivity index (χ1n) is 11.0. The maximum absolute atomic E-state index is 10.9. The van der Waals surface area contributed by atoms with Crippen molar-refractivity contribution in [2.45, 2.75) is 46.7 Å². The van der Waals surface area contributed by atoms with Gasteiger partial charge in [-0.05, 0) is 79.9 Å². The van der Waals surface area contributed by atoms with Crippen LogP contribution in [-0.4, -0.2) is 25.3 Å². The van der Waals surface area contributed by atoms with E-state index in [2.05, 4.69) is 63.0 Å². The van der Waals surface area contributed by atoms with Crippen molar-refractivity contribution >= 4 is 38.0 Å². The number of hydrogen-bond acceptors (Lipinski definition) is 6. The van der Waals surface area contributed by atoms with Crippen LogP contribution in [0.3, 0.4) is 0 Å². The van der Waals surface area contributed by atoms with Gasteiger partial charge >= 0.3 is 5.13 Å². The maximum atomic E-state index is 10.9. The second-order valence-corrected chi connectivity index (χ2v) is 10.6. The normalized spacial score (nSPS) is 11.9. The van der Waals surface area contributed by atoms with Gasteiger partial charge in [0.2, 0.25) is 0 Å². The average Bonchev–Trinajstić information content (AvgIpc) is 3.07. The molecule has 1 aromatic heterocycles. The molecule has 33 heavy (non-hydrogen) atoms. The third-order valence-corrected chi connectivity index (χ3v) is 7.38. The second-order valence-electron chi connectivity index (χ2n) is 7.89.